The summed E-state index contributed by atoms with van der Waals surface area (Å²) < 4.78 is 5.23. The third kappa shape index (κ3) is 2.97. The Morgan fingerprint density at radius 3 is 2.38 bits per heavy atom. The van der Waals surface area contributed by atoms with E-state index in [-0.39, 0.29) is 23.5 Å². The molecule has 0 aromatic carbocycles. The highest BCUT2D eigenvalue weighted by Gasteiger charge is 2.36. The van der Waals surface area contributed by atoms with Gasteiger partial charge < -0.3 is 4.74 Å². The maximum absolute atomic E-state index is 11.4. The molecule has 3 N–H and O–H groups in total. The van der Waals surface area contributed by atoms with Gasteiger partial charge >= 0.3 is 5.97 Å². The summed E-state index contributed by atoms with van der Waals surface area (Å²) >= 11 is 0. The van der Waals surface area contributed by atoms with Crippen LogP contribution in [0, 0.1) is 5.92 Å². The van der Waals surface area contributed by atoms with Gasteiger partial charge in [0.15, 0.2) is 0 Å². The highest BCUT2D eigenvalue weighted by Crippen LogP contribution is 2.29. The lowest BCUT2D eigenvalue weighted by Crippen LogP contribution is -2.48. The SMILES string of the molecule is CC(C)(C)OC(=O)[C@H]1C[C@@H](NN)C1. The number of carbonyl (C=O) groups is 1. The molecule has 13 heavy (non-hydrogen) atoms. The highest BCUT2D eigenvalue weighted by atomic mass is 16.6. The fourth-order valence-corrected chi connectivity index (χ4v) is 1.33. The van der Waals surface area contributed by atoms with Crippen LogP contribution in [-0.2, 0) is 9.53 Å². The summed E-state index contributed by atoms with van der Waals surface area (Å²) in [6.45, 7) is 5.63. The fourth-order valence-electron chi connectivity index (χ4n) is 1.33. The first-order valence-electron chi connectivity index (χ1n) is 4.61. The van der Waals surface area contributed by atoms with Crippen molar-refractivity contribution in [1.29, 1.82) is 0 Å². The van der Waals surface area contributed by atoms with Crippen molar-refractivity contribution in [3.63, 3.8) is 0 Å². The molecule has 0 heterocycles. The van der Waals surface area contributed by atoms with Gasteiger partial charge in [-0.15, -0.1) is 0 Å². The molecule has 0 aromatic heterocycles. The van der Waals surface area contributed by atoms with E-state index < -0.39 is 0 Å². The van der Waals surface area contributed by atoms with Crippen LogP contribution in [0.4, 0.5) is 0 Å². The lowest BCUT2D eigenvalue weighted by molar-refractivity contribution is -0.163. The van der Waals surface area contributed by atoms with E-state index in [1.54, 1.807) is 0 Å². The zero-order chi connectivity index (χ0) is 10.1. The Bertz CT molecular complexity index is 192. The van der Waals surface area contributed by atoms with Crippen LogP contribution in [0.25, 0.3) is 0 Å². The van der Waals surface area contributed by atoms with Crippen molar-refractivity contribution < 1.29 is 9.53 Å². The molecule has 1 saturated carbocycles. The minimum absolute atomic E-state index is 0.0419. The molecule has 0 spiro atoms. The van der Waals surface area contributed by atoms with Gasteiger partial charge in [0.1, 0.15) is 5.60 Å². The van der Waals surface area contributed by atoms with E-state index in [1.165, 1.54) is 0 Å². The van der Waals surface area contributed by atoms with Gasteiger partial charge in [-0.3, -0.25) is 16.1 Å². The van der Waals surface area contributed by atoms with Crippen molar-refractivity contribution in [3.8, 4) is 0 Å². The second kappa shape index (κ2) is 3.64. The number of ether oxygens (including phenoxy) is 1. The molecule has 1 rings (SSSR count). The Hall–Kier alpha value is -0.610. The predicted molar refractivity (Wildman–Crippen MR) is 49.7 cm³/mol. The number of hydrazine groups is 1. The van der Waals surface area contributed by atoms with E-state index in [4.69, 9.17) is 10.6 Å². The second-order valence-electron chi connectivity index (χ2n) is 4.57. The number of rotatable bonds is 2. The van der Waals surface area contributed by atoms with Gasteiger partial charge in [0.25, 0.3) is 0 Å². The molecular weight excluding hydrogens is 168 g/mol. The Kier molecular flexibility index (Phi) is 2.93. The quantitative estimate of drug-likeness (QED) is 0.376. The Morgan fingerprint density at radius 2 is 2.00 bits per heavy atom. The smallest absolute Gasteiger partial charge is 0.309 e. The summed E-state index contributed by atoms with van der Waals surface area (Å²) in [4.78, 5) is 11.4. The summed E-state index contributed by atoms with van der Waals surface area (Å²) in [6.07, 6.45) is 1.59. The van der Waals surface area contributed by atoms with Crippen molar-refractivity contribution >= 4 is 5.97 Å². The summed E-state index contributed by atoms with van der Waals surface area (Å²) in [5.41, 5.74) is 2.26. The van der Waals surface area contributed by atoms with Crippen LogP contribution >= 0.6 is 0 Å². The topological polar surface area (TPSA) is 64.3 Å². The number of esters is 1. The normalized spacial score (nSPS) is 28.0. The van der Waals surface area contributed by atoms with Crippen molar-refractivity contribution in [2.75, 3.05) is 0 Å². The Balaban J connectivity index is 2.27. The molecule has 0 aromatic rings. The van der Waals surface area contributed by atoms with Crippen LogP contribution in [0.15, 0.2) is 0 Å². The van der Waals surface area contributed by atoms with Crippen LogP contribution in [0.1, 0.15) is 33.6 Å². The minimum Gasteiger partial charge on any atom is -0.460 e. The van der Waals surface area contributed by atoms with E-state index in [0.717, 1.165) is 12.8 Å². The lowest BCUT2D eigenvalue weighted by Gasteiger charge is -2.34. The molecular formula is C9H18N2O2. The van der Waals surface area contributed by atoms with Gasteiger partial charge in [0.2, 0.25) is 0 Å². The number of nitrogens with one attached hydrogen (secondary N) is 1. The summed E-state index contributed by atoms with van der Waals surface area (Å²) in [5.74, 6) is 5.17. The second-order valence-corrected chi connectivity index (χ2v) is 4.57. The van der Waals surface area contributed by atoms with E-state index in [9.17, 15) is 4.79 Å². The zero-order valence-electron chi connectivity index (χ0n) is 8.46. The Labute approximate surface area is 78.8 Å². The van der Waals surface area contributed by atoms with Gasteiger partial charge in [-0.05, 0) is 33.6 Å². The molecule has 0 amide bonds. The lowest BCUT2D eigenvalue weighted by atomic mass is 9.80. The van der Waals surface area contributed by atoms with Crippen molar-refractivity contribution in [1.82, 2.24) is 5.43 Å². The molecule has 4 heteroatoms. The largest absolute Gasteiger partial charge is 0.460 e. The number of carbonyl (C=O) groups excluding carboxylic acids is 1. The third-order valence-corrected chi connectivity index (χ3v) is 2.11. The molecule has 76 valence electrons. The van der Waals surface area contributed by atoms with Gasteiger partial charge in [0.05, 0.1) is 5.92 Å². The molecule has 1 fully saturated rings. The first-order chi connectivity index (χ1) is 5.92. The number of nitrogens with two attached hydrogens (primary N) is 1. The van der Waals surface area contributed by atoms with Crippen molar-refractivity contribution in [2.24, 2.45) is 11.8 Å². The van der Waals surface area contributed by atoms with Crippen LogP contribution in [-0.4, -0.2) is 17.6 Å². The van der Waals surface area contributed by atoms with Crippen molar-refractivity contribution in [2.45, 2.75) is 45.3 Å². The van der Waals surface area contributed by atoms with Gasteiger partial charge in [0, 0.05) is 6.04 Å². The average Bonchev–Trinajstić information content (AvgIpc) is 1.79. The monoisotopic (exact) mass is 186 g/mol. The van der Waals surface area contributed by atoms with Crippen LogP contribution in [0.3, 0.4) is 0 Å². The van der Waals surface area contributed by atoms with Crippen molar-refractivity contribution in [3.05, 3.63) is 0 Å². The minimum atomic E-state index is -0.377. The number of hydrogen-bond donors (Lipinski definition) is 2. The zero-order valence-corrected chi connectivity index (χ0v) is 8.46. The van der Waals surface area contributed by atoms with Gasteiger partial charge in [-0.25, -0.2) is 0 Å². The van der Waals surface area contributed by atoms with E-state index in [1.807, 2.05) is 20.8 Å². The molecule has 1 aliphatic rings. The maximum Gasteiger partial charge on any atom is 0.309 e. The van der Waals surface area contributed by atoms with Crippen LogP contribution in [0.2, 0.25) is 0 Å². The summed E-state index contributed by atoms with van der Waals surface area (Å²) in [5, 5.41) is 0. The first-order valence-corrected chi connectivity index (χ1v) is 4.61. The Morgan fingerprint density at radius 1 is 1.46 bits per heavy atom. The predicted octanol–water partition coefficient (Wildman–Crippen LogP) is 0.570. The fraction of sp³-hybridized carbons (Fsp3) is 0.889. The van der Waals surface area contributed by atoms with Gasteiger partial charge in [-0.2, -0.15) is 0 Å². The van der Waals surface area contributed by atoms with Crippen LogP contribution < -0.4 is 11.3 Å². The summed E-state index contributed by atoms with van der Waals surface area (Å²) in [7, 11) is 0. The molecule has 0 aliphatic heterocycles. The molecule has 0 saturated heterocycles. The highest BCUT2D eigenvalue weighted by molar-refractivity contribution is 5.74. The average molecular weight is 186 g/mol. The number of hydrogen-bond acceptors (Lipinski definition) is 4. The molecule has 4 nitrogen and oxygen atoms in total. The first kappa shape index (κ1) is 10.5. The molecule has 1 aliphatic carbocycles. The van der Waals surface area contributed by atoms with E-state index >= 15 is 0 Å². The summed E-state index contributed by atoms with van der Waals surface area (Å²) in [6, 6.07) is 0.289. The van der Waals surface area contributed by atoms with Gasteiger partial charge in [-0.1, -0.05) is 0 Å². The van der Waals surface area contributed by atoms with Crippen LogP contribution in [0.5, 0.6) is 0 Å². The van der Waals surface area contributed by atoms with E-state index in [2.05, 4.69) is 5.43 Å². The third-order valence-electron chi connectivity index (χ3n) is 2.11. The molecule has 0 atom stereocenters. The maximum atomic E-state index is 11.4. The molecule has 0 unspecified atom stereocenters. The standard InChI is InChI=1S/C9H18N2O2/c1-9(2,3)13-8(12)6-4-7(5-6)11-10/h6-7,11H,4-5,10H2,1-3H3/t6-,7+. The van der Waals surface area contributed by atoms with E-state index in [0.29, 0.717) is 0 Å². The molecule has 0 bridgehead atoms. The molecule has 0 radical (unpaired) electrons.